The lowest BCUT2D eigenvalue weighted by Gasteiger charge is -1.99. The molecular formula is C9H9ClO2. The van der Waals surface area contributed by atoms with E-state index in [1.54, 1.807) is 24.3 Å². The van der Waals surface area contributed by atoms with E-state index in [-0.39, 0.29) is 11.5 Å². The third-order valence-corrected chi connectivity index (χ3v) is 1.61. The Morgan fingerprint density at radius 3 is 2.75 bits per heavy atom. The summed E-state index contributed by atoms with van der Waals surface area (Å²) in [5.74, 6) is 0.153. The molecule has 0 aliphatic rings. The highest BCUT2D eigenvalue weighted by Gasteiger charge is 2.00. The second-order valence-electron chi connectivity index (χ2n) is 2.27. The first-order chi connectivity index (χ1) is 5.75. The normalized spacial score (nSPS) is 10.8. The van der Waals surface area contributed by atoms with E-state index in [1.165, 1.54) is 6.07 Å². The molecule has 64 valence electrons. The molecule has 0 aliphatic carbocycles. The van der Waals surface area contributed by atoms with E-state index in [9.17, 15) is 5.11 Å². The Bertz CT molecular complexity index is 295. The summed E-state index contributed by atoms with van der Waals surface area (Å²) in [6, 6.07) is 4.77. The number of allylic oxidation sites excluding steroid dienone is 1. The summed E-state index contributed by atoms with van der Waals surface area (Å²) >= 11 is 5.41. The van der Waals surface area contributed by atoms with Gasteiger partial charge in [-0.25, -0.2) is 0 Å². The number of para-hydroxylation sites is 1. The maximum absolute atomic E-state index is 9.28. The topological polar surface area (TPSA) is 40.5 Å². The summed E-state index contributed by atoms with van der Waals surface area (Å²) in [5, 5.41) is 18.4. The van der Waals surface area contributed by atoms with Crippen molar-refractivity contribution in [3.8, 4) is 11.5 Å². The zero-order chi connectivity index (χ0) is 8.97. The van der Waals surface area contributed by atoms with Gasteiger partial charge in [0.25, 0.3) is 0 Å². The quantitative estimate of drug-likeness (QED) is 0.547. The molecule has 0 saturated carbocycles. The molecule has 0 bridgehead atoms. The highest BCUT2D eigenvalue weighted by molar-refractivity contribution is 6.19. The molecule has 2 N–H and O–H groups in total. The monoisotopic (exact) mass is 184 g/mol. The van der Waals surface area contributed by atoms with Gasteiger partial charge in [0, 0.05) is 11.4 Å². The molecule has 0 heterocycles. The molecule has 0 unspecified atom stereocenters. The number of phenols is 2. The molecule has 1 aromatic carbocycles. The average Bonchev–Trinajstić information content (AvgIpc) is 2.08. The predicted octanol–water partition coefficient (Wildman–Crippen LogP) is 2.35. The Morgan fingerprint density at radius 2 is 2.08 bits per heavy atom. The van der Waals surface area contributed by atoms with Gasteiger partial charge in [-0.15, -0.1) is 11.6 Å². The van der Waals surface area contributed by atoms with E-state index in [2.05, 4.69) is 0 Å². The summed E-state index contributed by atoms with van der Waals surface area (Å²) in [5.41, 5.74) is 0.565. The molecule has 0 aliphatic heterocycles. The van der Waals surface area contributed by atoms with E-state index >= 15 is 0 Å². The molecule has 0 saturated heterocycles. The van der Waals surface area contributed by atoms with Crippen molar-refractivity contribution in [2.75, 3.05) is 5.88 Å². The maximum atomic E-state index is 9.28. The number of hydrogen-bond acceptors (Lipinski definition) is 2. The number of halogens is 1. The standard InChI is InChI=1S/C9H9ClO2/c10-6-2-4-7-3-1-5-8(11)9(7)12/h1-5,11-12H,6H2. The fraction of sp³-hybridized carbons (Fsp3) is 0.111. The fourth-order valence-corrected chi connectivity index (χ4v) is 0.944. The first-order valence-corrected chi connectivity index (χ1v) is 4.02. The van der Waals surface area contributed by atoms with Crippen LogP contribution in [0.25, 0.3) is 6.08 Å². The third-order valence-electron chi connectivity index (χ3n) is 1.43. The Balaban J connectivity index is 3.00. The number of phenolic OH excluding ortho intramolecular Hbond substituents is 2. The maximum Gasteiger partial charge on any atom is 0.164 e. The molecule has 0 atom stereocenters. The Hall–Kier alpha value is -1.15. The first-order valence-electron chi connectivity index (χ1n) is 3.49. The minimum absolute atomic E-state index is 0.112. The molecule has 1 rings (SSSR count). The van der Waals surface area contributed by atoms with Gasteiger partial charge in [-0.2, -0.15) is 0 Å². The van der Waals surface area contributed by atoms with Crippen molar-refractivity contribution in [2.24, 2.45) is 0 Å². The van der Waals surface area contributed by atoms with Crippen molar-refractivity contribution in [2.45, 2.75) is 0 Å². The molecular weight excluding hydrogens is 176 g/mol. The molecule has 1 aromatic rings. The zero-order valence-electron chi connectivity index (χ0n) is 6.37. The van der Waals surface area contributed by atoms with E-state index in [0.717, 1.165) is 0 Å². The van der Waals surface area contributed by atoms with Crippen LogP contribution in [0.1, 0.15) is 5.56 Å². The first kappa shape index (κ1) is 8.94. The van der Waals surface area contributed by atoms with Crippen molar-refractivity contribution in [3.63, 3.8) is 0 Å². The molecule has 12 heavy (non-hydrogen) atoms. The SMILES string of the molecule is Oc1cccc(C=CCCl)c1O. The van der Waals surface area contributed by atoms with Crippen LogP contribution >= 0.6 is 11.6 Å². The zero-order valence-corrected chi connectivity index (χ0v) is 7.12. The van der Waals surface area contributed by atoms with Crippen LogP contribution in [0.4, 0.5) is 0 Å². The van der Waals surface area contributed by atoms with Crippen LogP contribution in [0, 0.1) is 0 Å². The van der Waals surface area contributed by atoms with Gasteiger partial charge in [0.1, 0.15) is 0 Å². The van der Waals surface area contributed by atoms with Crippen molar-refractivity contribution < 1.29 is 10.2 Å². The number of rotatable bonds is 2. The molecule has 0 spiro atoms. The van der Waals surface area contributed by atoms with Gasteiger partial charge in [-0.3, -0.25) is 0 Å². The number of alkyl halides is 1. The highest BCUT2D eigenvalue weighted by atomic mass is 35.5. The lowest BCUT2D eigenvalue weighted by atomic mass is 10.2. The van der Waals surface area contributed by atoms with Crippen LogP contribution in [0.15, 0.2) is 24.3 Å². The molecule has 0 aromatic heterocycles. The summed E-state index contributed by atoms with van der Waals surface area (Å²) in [6.07, 6.45) is 3.35. The molecule has 0 fully saturated rings. The second-order valence-corrected chi connectivity index (χ2v) is 2.58. The summed E-state index contributed by atoms with van der Waals surface area (Å²) in [6.45, 7) is 0. The fourth-order valence-electron chi connectivity index (χ4n) is 0.855. The predicted molar refractivity (Wildman–Crippen MR) is 49.5 cm³/mol. The van der Waals surface area contributed by atoms with E-state index in [0.29, 0.717) is 11.4 Å². The van der Waals surface area contributed by atoms with Gasteiger partial charge in [0.15, 0.2) is 11.5 Å². The van der Waals surface area contributed by atoms with Crippen LogP contribution in [0.5, 0.6) is 11.5 Å². The third kappa shape index (κ3) is 1.92. The molecule has 2 nitrogen and oxygen atoms in total. The number of benzene rings is 1. The van der Waals surface area contributed by atoms with Crippen LogP contribution in [-0.4, -0.2) is 16.1 Å². The number of aromatic hydroxyl groups is 2. The van der Waals surface area contributed by atoms with Crippen LogP contribution in [0.2, 0.25) is 0 Å². The van der Waals surface area contributed by atoms with Gasteiger partial charge in [-0.1, -0.05) is 24.3 Å². The van der Waals surface area contributed by atoms with Crippen LogP contribution < -0.4 is 0 Å². The van der Waals surface area contributed by atoms with Gasteiger partial charge in [0.05, 0.1) is 0 Å². The molecule has 3 heteroatoms. The van der Waals surface area contributed by atoms with Crippen molar-refractivity contribution in [3.05, 3.63) is 29.8 Å². The Labute approximate surface area is 75.7 Å². The van der Waals surface area contributed by atoms with Gasteiger partial charge < -0.3 is 10.2 Å². The number of hydrogen-bond donors (Lipinski definition) is 2. The molecule has 0 amide bonds. The van der Waals surface area contributed by atoms with Crippen LogP contribution in [0.3, 0.4) is 0 Å². The Kier molecular flexibility index (Phi) is 3.00. The largest absolute Gasteiger partial charge is 0.504 e. The summed E-state index contributed by atoms with van der Waals surface area (Å²) in [4.78, 5) is 0. The van der Waals surface area contributed by atoms with E-state index < -0.39 is 0 Å². The summed E-state index contributed by atoms with van der Waals surface area (Å²) in [7, 11) is 0. The van der Waals surface area contributed by atoms with E-state index in [1.807, 2.05) is 0 Å². The van der Waals surface area contributed by atoms with Gasteiger partial charge >= 0.3 is 0 Å². The van der Waals surface area contributed by atoms with E-state index in [4.69, 9.17) is 16.7 Å². The Morgan fingerprint density at radius 1 is 1.33 bits per heavy atom. The minimum Gasteiger partial charge on any atom is -0.504 e. The lowest BCUT2D eigenvalue weighted by molar-refractivity contribution is 0.403. The van der Waals surface area contributed by atoms with Gasteiger partial charge in [-0.05, 0) is 6.07 Å². The second kappa shape index (κ2) is 4.02. The van der Waals surface area contributed by atoms with Crippen molar-refractivity contribution >= 4 is 17.7 Å². The van der Waals surface area contributed by atoms with Crippen molar-refractivity contribution in [1.82, 2.24) is 0 Å². The highest BCUT2D eigenvalue weighted by Crippen LogP contribution is 2.28. The van der Waals surface area contributed by atoms with Crippen LogP contribution in [-0.2, 0) is 0 Å². The molecule has 0 radical (unpaired) electrons. The average molecular weight is 185 g/mol. The minimum atomic E-state index is -0.119. The van der Waals surface area contributed by atoms with Gasteiger partial charge in [0.2, 0.25) is 0 Å². The van der Waals surface area contributed by atoms with Crippen molar-refractivity contribution in [1.29, 1.82) is 0 Å². The lowest BCUT2D eigenvalue weighted by Crippen LogP contribution is -1.75. The smallest absolute Gasteiger partial charge is 0.164 e. The summed E-state index contributed by atoms with van der Waals surface area (Å²) < 4.78 is 0.